The van der Waals surface area contributed by atoms with E-state index in [1.54, 1.807) is 0 Å². The number of hydrogen-bond donors (Lipinski definition) is 0. The van der Waals surface area contributed by atoms with E-state index < -0.39 is 65.0 Å². The van der Waals surface area contributed by atoms with E-state index in [1.807, 2.05) is 0 Å². The van der Waals surface area contributed by atoms with Crippen molar-refractivity contribution in [1.82, 2.24) is 0 Å². The summed E-state index contributed by atoms with van der Waals surface area (Å²) in [5, 5.41) is 0. The Labute approximate surface area is 518 Å². The Morgan fingerprint density at radius 3 is 0.790 bits per heavy atom. The van der Waals surface area contributed by atoms with Gasteiger partial charge in [0.1, 0.15) is 20.2 Å². The van der Waals surface area contributed by atoms with Gasteiger partial charge in [-0.15, -0.1) is 0 Å². The third kappa shape index (κ3) is 38.8. The minimum atomic E-state index is -5.01. The van der Waals surface area contributed by atoms with Crippen molar-refractivity contribution in [1.29, 1.82) is 0 Å². The Bertz CT molecular complexity index is 2200. The first-order valence-electron chi connectivity index (χ1n) is 30.1. The van der Waals surface area contributed by atoms with Gasteiger partial charge in [-0.2, -0.15) is 0 Å². The van der Waals surface area contributed by atoms with Gasteiger partial charge in [0.15, 0.2) is 0 Å². The number of ether oxygens (including phenoxy) is 4. The zero-order chi connectivity index (χ0) is 59.0. The molecule has 17 heteroatoms. The van der Waals surface area contributed by atoms with Crippen LogP contribution in [0.5, 0.6) is 0 Å². The summed E-state index contributed by atoms with van der Waals surface area (Å²) in [7, 11) is -10.0. The smallest absolute Gasteiger partial charge is 0.744 e. The molecule has 0 N–H and O–H groups in total. The van der Waals surface area contributed by atoms with Crippen molar-refractivity contribution in [2.45, 2.75) is 243 Å². The van der Waals surface area contributed by atoms with Crippen molar-refractivity contribution in [2.75, 3.05) is 26.4 Å². The van der Waals surface area contributed by atoms with Crippen LogP contribution in [0, 0.1) is 0 Å². The van der Waals surface area contributed by atoms with Gasteiger partial charge >= 0.3 is 61.6 Å². The van der Waals surface area contributed by atoms with E-state index in [-0.39, 0.29) is 75.3 Å². The molecule has 0 saturated heterocycles. The minimum absolute atomic E-state index is 0. The molecule has 0 fully saturated rings. The Hall–Kier alpha value is -3.64. The van der Waals surface area contributed by atoms with Crippen LogP contribution in [0.25, 0.3) is 0 Å². The molecular weight excluding hydrogens is 1100 g/mol. The maximum absolute atomic E-state index is 12.8. The van der Waals surface area contributed by atoms with Crippen molar-refractivity contribution < 1.29 is 64.1 Å². The molecule has 0 spiro atoms. The fourth-order valence-corrected chi connectivity index (χ4v) is 9.73. The van der Waals surface area contributed by atoms with Crippen LogP contribution in [0.15, 0.2) is 94.8 Å². The van der Waals surface area contributed by atoms with Gasteiger partial charge in [-0.1, -0.05) is 165 Å². The minimum Gasteiger partial charge on any atom is -0.744 e. The van der Waals surface area contributed by atoms with Gasteiger partial charge < -0.3 is 28.1 Å². The van der Waals surface area contributed by atoms with E-state index in [0.717, 1.165) is 89.2 Å². The van der Waals surface area contributed by atoms with E-state index in [1.165, 1.54) is 127 Å². The first kappa shape index (κ1) is 77.4. The molecule has 2 aromatic rings. The third-order valence-electron chi connectivity index (χ3n) is 13.0. The molecule has 0 aliphatic heterocycles. The average molecular weight is 1200 g/mol. The fourth-order valence-electron chi connectivity index (χ4n) is 8.36. The number of benzene rings is 2. The predicted octanol–water partition coefficient (Wildman–Crippen LogP) is 16.2. The van der Waals surface area contributed by atoms with Gasteiger partial charge in [0.25, 0.3) is 0 Å². The summed E-state index contributed by atoms with van der Waals surface area (Å²) in [6, 6.07) is 7.07. The summed E-state index contributed by atoms with van der Waals surface area (Å²) >= 11 is 0. The second-order valence-electron chi connectivity index (χ2n) is 20.1. The topological polar surface area (TPSA) is 220 Å². The molecule has 0 saturated carbocycles. The average Bonchev–Trinajstić information content (AvgIpc) is 3.45. The van der Waals surface area contributed by atoms with E-state index in [0.29, 0.717) is 25.7 Å². The quantitative estimate of drug-likeness (QED) is 0.0150. The van der Waals surface area contributed by atoms with Crippen LogP contribution < -0.4 is 0 Å². The summed E-state index contributed by atoms with van der Waals surface area (Å²) in [4.78, 5) is 49.5. The normalized spacial score (nSPS) is 11.7. The first-order valence-corrected chi connectivity index (χ1v) is 32.9. The van der Waals surface area contributed by atoms with Crippen LogP contribution >= 0.6 is 0 Å². The summed E-state index contributed by atoms with van der Waals surface area (Å²) in [6.45, 7) is 9.10. The fraction of sp³-hybridized carbons (Fsp3) is 0.625. The molecule has 0 radical (unpaired) electrons. The molecule has 0 atom stereocenters. The SMILES string of the molecule is CCCCCC/C=C/CCCCOC(=O)c1cccc(S(=O)(=O)[O-])c1C(=O)OCCCC/C=C/CCCCCC.CCCCCC/C=C/CCCCOC(=O)c1cccc(S(=O)(=O)[O-])c1C(=O)OCCCC/C=C/CCCCCC.[Ca+2]. The molecule has 81 heavy (non-hydrogen) atoms. The van der Waals surface area contributed by atoms with Gasteiger partial charge in [-0.05, 0) is 153 Å². The second-order valence-corrected chi connectivity index (χ2v) is 22.8. The molecule has 0 aliphatic carbocycles. The molecule has 0 aromatic heterocycles. The number of allylic oxidation sites excluding steroid dienone is 8. The van der Waals surface area contributed by atoms with E-state index in [4.69, 9.17) is 18.9 Å². The molecular formula is C64H98CaO14S2. The number of esters is 4. The number of carbonyl (C=O) groups excluding carboxylic acids is 4. The first-order chi connectivity index (χ1) is 38.6. The van der Waals surface area contributed by atoms with Crippen molar-refractivity contribution in [3.63, 3.8) is 0 Å². The van der Waals surface area contributed by atoms with Crippen molar-refractivity contribution in [2.24, 2.45) is 0 Å². The van der Waals surface area contributed by atoms with Crippen molar-refractivity contribution in [3.05, 3.63) is 107 Å². The monoisotopic (exact) mass is 1190 g/mol. The Morgan fingerprint density at radius 1 is 0.346 bits per heavy atom. The number of carbonyl (C=O) groups is 4. The van der Waals surface area contributed by atoms with Crippen LogP contribution in [0.2, 0.25) is 0 Å². The van der Waals surface area contributed by atoms with Crippen LogP contribution in [0.1, 0.15) is 275 Å². The van der Waals surface area contributed by atoms with Crippen LogP contribution in [-0.4, -0.2) is 114 Å². The van der Waals surface area contributed by atoms with E-state index >= 15 is 0 Å². The summed E-state index contributed by atoms with van der Waals surface area (Å²) in [5.41, 5.74) is -1.67. The zero-order valence-electron chi connectivity index (χ0n) is 49.8. The summed E-state index contributed by atoms with van der Waals surface area (Å²) in [5.74, 6) is -3.74. The van der Waals surface area contributed by atoms with Crippen molar-refractivity contribution in [3.8, 4) is 0 Å². The second kappa shape index (κ2) is 50.8. The largest absolute Gasteiger partial charge is 2.00 e. The maximum atomic E-state index is 12.8. The molecule has 14 nitrogen and oxygen atoms in total. The molecule has 0 bridgehead atoms. The van der Waals surface area contributed by atoms with Gasteiger partial charge in [-0.25, -0.2) is 36.0 Å². The van der Waals surface area contributed by atoms with Crippen LogP contribution in [0.3, 0.4) is 0 Å². The number of hydrogen-bond acceptors (Lipinski definition) is 14. The molecule has 2 rings (SSSR count). The summed E-state index contributed by atoms with van der Waals surface area (Å²) < 4.78 is 92.0. The van der Waals surface area contributed by atoms with Crippen molar-refractivity contribution >= 4 is 81.9 Å². The Morgan fingerprint density at radius 2 is 0.568 bits per heavy atom. The van der Waals surface area contributed by atoms with Crippen LogP contribution in [-0.2, 0) is 39.2 Å². The van der Waals surface area contributed by atoms with Crippen LogP contribution in [0.4, 0.5) is 0 Å². The van der Waals surface area contributed by atoms with E-state index in [9.17, 15) is 45.1 Å². The van der Waals surface area contributed by atoms with Gasteiger partial charge in [-0.3, -0.25) is 0 Å². The van der Waals surface area contributed by atoms with E-state index in [2.05, 4.69) is 76.3 Å². The molecule has 2 aromatic carbocycles. The zero-order valence-corrected chi connectivity index (χ0v) is 53.6. The Kier molecular flexibility index (Phi) is 48.6. The van der Waals surface area contributed by atoms with Gasteiger partial charge in [0, 0.05) is 0 Å². The molecule has 0 unspecified atom stereocenters. The third-order valence-corrected chi connectivity index (χ3v) is 14.8. The number of unbranched alkanes of at least 4 members (excludes halogenated alkanes) is 24. The van der Waals surface area contributed by atoms with Gasteiger partial charge in [0.05, 0.1) is 58.5 Å². The molecule has 0 amide bonds. The Balaban J connectivity index is 0.00000156. The predicted molar refractivity (Wildman–Crippen MR) is 323 cm³/mol. The number of rotatable bonds is 46. The summed E-state index contributed by atoms with van der Waals surface area (Å²) in [6.07, 6.45) is 50.2. The molecule has 0 heterocycles. The molecule has 452 valence electrons. The maximum Gasteiger partial charge on any atom is 2.00 e. The molecule has 0 aliphatic rings. The standard InChI is InChI=1S/2C32H50O7S.Ca/c2*1-3-5-7-9-11-13-15-17-19-21-26-38-31(33)28-24-23-25-29(40(35,36)37)30(28)32(34)39-27-22-20-18-16-14-12-10-8-6-4-2;/h2*13-16,23-25H,3-12,17-22,26-27H2,1-2H3,(H,35,36,37);/q;;+2/p-2/b2*15-13+,16-14+;. The van der Waals surface area contributed by atoms with Gasteiger partial charge in [0.2, 0.25) is 0 Å².